The second-order valence-electron chi connectivity index (χ2n) is 7.24. The van der Waals surface area contributed by atoms with E-state index in [2.05, 4.69) is 27.0 Å². The minimum absolute atomic E-state index is 0.307. The van der Waals surface area contributed by atoms with Crippen LogP contribution in [0.4, 0.5) is 0 Å². The monoisotopic (exact) mass is 345 g/mol. The maximum Gasteiger partial charge on any atom is 0.120 e. The maximum atomic E-state index is 6.30. The molecule has 1 spiro atoms. The van der Waals surface area contributed by atoms with Gasteiger partial charge in [-0.15, -0.1) is 0 Å². The number of piperidine rings is 1. The fourth-order valence-corrected chi connectivity index (χ4v) is 4.28. The van der Waals surface area contributed by atoms with Crippen molar-refractivity contribution in [3.8, 4) is 0 Å². The highest BCUT2D eigenvalue weighted by molar-refractivity contribution is 6.31. The van der Waals surface area contributed by atoms with E-state index in [4.69, 9.17) is 16.3 Å². The van der Waals surface area contributed by atoms with E-state index in [1.807, 2.05) is 24.5 Å². The predicted octanol–water partition coefficient (Wildman–Crippen LogP) is 3.68. The van der Waals surface area contributed by atoms with Gasteiger partial charge in [-0.1, -0.05) is 29.8 Å². The van der Waals surface area contributed by atoms with Crippen LogP contribution >= 0.6 is 11.6 Å². The van der Waals surface area contributed by atoms with Crippen molar-refractivity contribution in [1.82, 2.24) is 14.9 Å². The second-order valence-corrected chi connectivity index (χ2v) is 7.65. The van der Waals surface area contributed by atoms with E-state index in [1.54, 1.807) is 0 Å². The van der Waals surface area contributed by atoms with E-state index >= 15 is 0 Å². The molecule has 0 radical (unpaired) electrons. The van der Waals surface area contributed by atoms with Crippen molar-refractivity contribution in [3.63, 3.8) is 0 Å². The van der Waals surface area contributed by atoms with Gasteiger partial charge in [-0.3, -0.25) is 4.90 Å². The van der Waals surface area contributed by atoms with Crippen LogP contribution in [0.15, 0.2) is 36.7 Å². The number of nitrogens with zero attached hydrogens (tertiary/aromatic N) is 2. The summed E-state index contributed by atoms with van der Waals surface area (Å²) in [5.41, 5.74) is 1.57. The van der Waals surface area contributed by atoms with Crippen molar-refractivity contribution in [3.05, 3.63) is 53.1 Å². The Hall–Kier alpha value is -1.36. The molecule has 0 aliphatic carbocycles. The summed E-state index contributed by atoms with van der Waals surface area (Å²) in [6, 6.07) is 8.12. The van der Waals surface area contributed by atoms with Gasteiger partial charge in [0.15, 0.2) is 0 Å². The van der Waals surface area contributed by atoms with Gasteiger partial charge in [0.25, 0.3) is 0 Å². The SMILES string of the molecule is Clc1ccccc1C[C@@H]1CC2(CCN(Cc3ncc[nH]3)CC2)CO1. The van der Waals surface area contributed by atoms with Crippen LogP contribution in [0.5, 0.6) is 0 Å². The number of aromatic nitrogens is 2. The largest absolute Gasteiger partial charge is 0.377 e. The first-order valence-corrected chi connectivity index (χ1v) is 9.16. The fraction of sp³-hybridized carbons (Fsp3) is 0.526. The summed E-state index contributed by atoms with van der Waals surface area (Å²) in [6.45, 7) is 4.08. The van der Waals surface area contributed by atoms with E-state index in [0.29, 0.717) is 11.5 Å². The molecule has 1 aromatic heterocycles. The molecule has 2 aromatic rings. The highest BCUT2D eigenvalue weighted by Crippen LogP contribution is 2.43. The first-order valence-electron chi connectivity index (χ1n) is 8.78. The molecule has 128 valence electrons. The lowest BCUT2D eigenvalue weighted by Gasteiger charge is -2.38. The average molecular weight is 346 g/mol. The summed E-state index contributed by atoms with van der Waals surface area (Å²) in [4.78, 5) is 10.0. The Labute approximate surface area is 148 Å². The zero-order chi connectivity index (χ0) is 16.4. The van der Waals surface area contributed by atoms with Crippen LogP contribution in [0, 0.1) is 5.41 Å². The number of halogens is 1. The van der Waals surface area contributed by atoms with Gasteiger partial charge in [-0.25, -0.2) is 4.98 Å². The van der Waals surface area contributed by atoms with Gasteiger partial charge in [0.2, 0.25) is 0 Å². The fourth-order valence-electron chi connectivity index (χ4n) is 4.07. The number of benzene rings is 1. The molecule has 0 saturated carbocycles. The van der Waals surface area contributed by atoms with Crippen LogP contribution in [-0.2, 0) is 17.7 Å². The quantitative estimate of drug-likeness (QED) is 0.919. The molecule has 0 unspecified atom stereocenters. The molecule has 1 aromatic carbocycles. The number of likely N-dealkylation sites (tertiary alicyclic amines) is 1. The Bertz CT molecular complexity index is 665. The zero-order valence-electron chi connectivity index (χ0n) is 13.9. The Balaban J connectivity index is 1.31. The number of imidazole rings is 1. The third-order valence-electron chi connectivity index (χ3n) is 5.54. The molecule has 2 saturated heterocycles. The molecular formula is C19H24ClN3O. The van der Waals surface area contributed by atoms with Crippen LogP contribution in [0.1, 0.15) is 30.7 Å². The standard InChI is InChI=1S/C19H24ClN3O/c20-17-4-2-1-3-15(17)11-16-12-19(14-24-16)5-9-23(10-6-19)13-18-21-7-8-22-18/h1-4,7-8,16H,5-6,9-14H2,(H,21,22)/t16-/m1/s1. The molecule has 1 N–H and O–H groups in total. The molecule has 5 heteroatoms. The first-order chi connectivity index (χ1) is 11.7. The van der Waals surface area contributed by atoms with E-state index in [1.165, 1.54) is 18.4 Å². The highest BCUT2D eigenvalue weighted by atomic mass is 35.5. The molecule has 4 rings (SSSR count). The number of rotatable bonds is 4. The summed E-state index contributed by atoms with van der Waals surface area (Å²) >= 11 is 6.30. The normalized spacial score (nSPS) is 23.8. The van der Waals surface area contributed by atoms with Crippen molar-refractivity contribution >= 4 is 11.6 Å². The number of aromatic amines is 1. The van der Waals surface area contributed by atoms with Crippen LogP contribution in [0.25, 0.3) is 0 Å². The number of hydrogen-bond acceptors (Lipinski definition) is 3. The van der Waals surface area contributed by atoms with E-state index in [-0.39, 0.29) is 0 Å². The molecule has 3 heterocycles. The Morgan fingerprint density at radius 1 is 1.29 bits per heavy atom. The van der Waals surface area contributed by atoms with Crippen LogP contribution < -0.4 is 0 Å². The van der Waals surface area contributed by atoms with Gasteiger partial charge in [-0.2, -0.15) is 0 Å². The summed E-state index contributed by atoms with van der Waals surface area (Å²) < 4.78 is 6.15. The van der Waals surface area contributed by atoms with Gasteiger partial charge in [0, 0.05) is 23.8 Å². The lowest BCUT2D eigenvalue weighted by atomic mass is 9.76. The molecule has 2 aliphatic heterocycles. The summed E-state index contributed by atoms with van der Waals surface area (Å²) in [5.74, 6) is 1.06. The Morgan fingerprint density at radius 3 is 2.88 bits per heavy atom. The topological polar surface area (TPSA) is 41.2 Å². The minimum atomic E-state index is 0.307. The molecule has 2 fully saturated rings. The van der Waals surface area contributed by atoms with Gasteiger partial charge in [-0.05, 0) is 49.4 Å². The van der Waals surface area contributed by atoms with E-state index in [0.717, 1.165) is 49.9 Å². The Kier molecular flexibility index (Phi) is 4.61. The smallest absolute Gasteiger partial charge is 0.120 e. The maximum absolute atomic E-state index is 6.30. The van der Waals surface area contributed by atoms with Crippen LogP contribution in [0.2, 0.25) is 5.02 Å². The molecule has 0 amide bonds. The second kappa shape index (κ2) is 6.87. The van der Waals surface area contributed by atoms with E-state index in [9.17, 15) is 0 Å². The highest BCUT2D eigenvalue weighted by Gasteiger charge is 2.42. The molecule has 1 atom stereocenters. The summed E-state index contributed by atoms with van der Waals surface area (Å²) in [5, 5.41) is 0.857. The van der Waals surface area contributed by atoms with Crippen molar-refractivity contribution in [2.24, 2.45) is 5.41 Å². The number of hydrogen-bond donors (Lipinski definition) is 1. The minimum Gasteiger partial charge on any atom is -0.377 e. The molecular weight excluding hydrogens is 322 g/mol. The van der Waals surface area contributed by atoms with E-state index < -0.39 is 0 Å². The van der Waals surface area contributed by atoms with Gasteiger partial charge < -0.3 is 9.72 Å². The van der Waals surface area contributed by atoms with Crippen LogP contribution in [0.3, 0.4) is 0 Å². The number of ether oxygens (including phenoxy) is 1. The molecule has 2 aliphatic rings. The predicted molar refractivity (Wildman–Crippen MR) is 95.0 cm³/mol. The Morgan fingerprint density at radius 2 is 2.12 bits per heavy atom. The first kappa shape index (κ1) is 16.1. The lowest BCUT2D eigenvalue weighted by Crippen LogP contribution is -2.40. The molecule has 4 nitrogen and oxygen atoms in total. The van der Waals surface area contributed by atoms with Gasteiger partial charge >= 0.3 is 0 Å². The van der Waals surface area contributed by atoms with Crippen molar-refractivity contribution in [2.75, 3.05) is 19.7 Å². The molecule has 24 heavy (non-hydrogen) atoms. The number of nitrogens with one attached hydrogen (secondary N) is 1. The summed E-state index contributed by atoms with van der Waals surface area (Å²) in [7, 11) is 0. The average Bonchev–Trinajstić information content (AvgIpc) is 3.23. The van der Waals surface area contributed by atoms with Gasteiger partial charge in [0.1, 0.15) is 5.82 Å². The lowest BCUT2D eigenvalue weighted by molar-refractivity contribution is 0.0625. The van der Waals surface area contributed by atoms with Gasteiger partial charge in [0.05, 0.1) is 19.3 Å². The zero-order valence-corrected chi connectivity index (χ0v) is 14.6. The van der Waals surface area contributed by atoms with Crippen molar-refractivity contribution in [2.45, 2.75) is 38.3 Å². The third kappa shape index (κ3) is 3.51. The van der Waals surface area contributed by atoms with Crippen molar-refractivity contribution < 1.29 is 4.74 Å². The third-order valence-corrected chi connectivity index (χ3v) is 5.91. The van der Waals surface area contributed by atoms with Crippen molar-refractivity contribution in [1.29, 1.82) is 0 Å². The van der Waals surface area contributed by atoms with Crippen LogP contribution in [-0.4, -0.2) is 40.7 Å². The number of H-pyrrole nitrogens is 1. The molecule has 0 bridgehead atoms. The summed E-state index contributed by atoms with van der Waals surface area (Å²) in [6.07, 6.45) is 8.54.